The van der Waals surface area contributed by atoms with E-state index in [1.165, 1.54) is 0 Å². The summed E-state index contributed by atoms with van der Waals surface area (Å²) in [4.78, 5) is 0. The van der Waals surface area contributed by atoms with E-state index in [0.29, 0.717) is 13.2 Å². The standard InChI is InChI=1S/C11H23NO3S/c1-9(5-14-2)15-6-11(13)8-16-7-10-3-12-4-10/h9-13H,3-8H2,1-2H3. The largest absolute Gasteiger partial charge is 0.390 e. The van der Waals surface area contributed by atoms with Gasteiger partial charge in [-0.3, -0.25) is 0 Å². The predicted molar refractivity (Wildman–Crippen MR) is 67.0 cm³/mol. The molecule has 1 aliphatic rings. The van der Waals surface area contributed by atoms with Gasteiger partial charge in [0.1, 0.15) is 0 Å². The molecule has 0 spiro atoms. The molecule has 0 radical (unpaired) electrons. The van der Waals surface area contributed by atoms with Gasteiger partial charge in [0.05, 0.1) is 25.4 Å². The number of thioether (sulfide) groups is 1. The van der Waals surface area contributed by atoms with Gasteiger partial charge < -0.3 is 19.9 Å². The minimum atomic E-state index is -0.364. The summed E-state index contributed by atoms with van der Waals surface area (Å²) in [5.74, 6) is 2.69. The van der Waals surface area contributed by atoms with Crippen molar-refractivity contribution in [2.24, 2.45) is 5.92 Å². The first-order valence-electron chi connectivity index (χ1n) is 5.79. The monoisotopic (exact) mass is 249 g/mol. The third-order valence-electron chi connectivity index (χ3n) is 2.50. The maximum absolute atomic E-state index is 9.67. The molecule has 2 atom stereocenters. The van der Waals surface area contributed by atoms with E-state index in [9.17, 15) is 5.11 Å². The molecule has 16 heavy (non-hydrogen) atoms. The third kappa shape index (κ3) is 6.06. The molecule has 1 saturated heterocycles. The first-order chi connectivity index (χ1) is 7.72. The fourth-order valence-corrected chi connectivity index (χ4v) is 2.52. The lowest BCUT2D eigenvalue weighted by atomic mass is 10.1. The Balaban J connectivity index is 1.90. The second kappa shape index (κ2) is 8.31. The van der Waals surface area contributed by atoms with E-state index in [1.807, 2.05) is 18.7 Å². The van der Waals surface area contributed by atoms with Gasteiger partial charge in [0.25, 0.3) is 0 Å². The second-order valence-corrected chi connectivity index (χ2v) is 5.39. The van der Waals surface area contributed by atoms with Crippen LogP contribution in [0.3, 0.4) is 0 Å². The Bertz CT molecular complexity index is 179. The number of aliphatic hydroxyl groups excluding tert-OH is 1. The van der Waals surface area contributed by atoms with Gasteiger partial charge in [-0.2, -0.15) is 11.8 Å². The van der Waals surface area contributed by atoms with E-state index in [-0.39, 0.29) is 12.2 Å². The highest BCUT2D eigenvalue weighted by Crippen LogP contribution is 2.13. The number of hydrogen-bond acceptors (Lipinski definition) is 5. The molecule has 2 N–H and O–H groups in total. The minimum Gasteiger partial charge on any atom is -0.390 e. The number of nitrogens with one attached hydrogen (secondary N) is 1. The number of hydrogen-bond donors (Lipinski definition) is 2. The summed E-state index contributed by atoms with van der Waals surface area (Å²) < 4.78 is 10.4. The molecule has 0 aliphatic carbocycles. The summed E-state index contributed by atoms with van der Waals surface area (Å²) in [7, 11) is 1.65. The van der Waals surface area contributed by atoms with E-state index in [2.05, 4.69) is 5.32 Å². The van der Waals surface area contributed by atoms with Crippen LogP contribution in [0.4, 0.5) is 0 Å². The minimum absolute atomic E-state index is 0.0560. The Morgan fingerprint density at radius 1 is 1.44 bits per heavy atom. The van der Waals surface area contributed by atoms with Crippen LogP contribution in [0.25, 0.3) is 0 Å². The van der Waals surface area contributed by atoms with Crippen LogP contribution in [0.1, 0.15) is 6.92 Å². The van der Waals surface area contributed by atoms with Crippen molar-refractivity contribution in [2.75, 3.05) is 44.9 Å². The molecule has 2 unspecified atom stereocenters. The molecule has 0 aromatic rings. The van der Waals surface area contributed by atoms with Gasteiger partial charge in [-0.1, -0.05) is 0 Å². The van der Waals surface area contributed by atoms with Crippen LogP contribution in [-0.2, 0) is 9.47 Å². The zero-order valence-electron chi connectivity index (χ0n) is 10.1. The average molecular weight is 249 g/mol. The molecule has 1 rings (SSSR count). The van der Waals surface area contributed by atoms with Crippen molar-refractivity contribution in [3.63, 3.8) is 0 Å². The third-order valence-corrected chi connectivity index (χ3v) is 3.83. The van der Waals surface area contributed by atoms with Crippen molar-refractivity contribution in [3.8, 4) is 0 Å². The normalized spacial score (nSPS) is 20.4. The molecule has 1 aliphatic heterocycles. The Hall–Kier alpha value is 0.190. The van der Waals surface area contributed by atoms with Gasteiger partial charge in [0.15, 0.2) is 0 Å². The first-order valence-corrected chi connectivity index (χ1v) is 6.95. The zero-order valence-corrected chi connectivity index (χ0v) is 11.0. The Kier molecular flexibility index (Phi) is 7.40. The fourth-order valence-electron chi connectivity index (χ4n) is 1.44. The fraction of sp³-hybridized carbons (Fsp3) is 1.00. The summed E-state index contributed by atoms with van der Waals surface area (Å²) in [5, 5.41) is 12.9. The van der Waals surface area contributed by atoms with Crippen molar-refractivity contribution in [2.45, 2.75) is 19.1 Å². The maximum atomic E-state index is 9.67. The van der Waals surface area contributed by atoms with E-state index in [0.717, 1.165) is 30.5 Å². The van der Waals surface area contributed by atoms with Crippen LogP contribution in [-0.4, -0.2) is 62.2 Å². The number of aliphatic hydroxyl groups is 1. The molecule has 0 aromatic heterocycles. The molecule has 0 bridgehead atoms. The molecular weight excluding hydrogens is 226 g/mol. The Labute approximate surface area is 102 Å². The highest BCUT2D eigenvalue weighted by molar-refractivity contribution is 7.99. The highest BCUT2D eigenvalue weighted by Gasteiger charge is 2.17. The van der Waals surface area contributed by atoms with Gasteiger partial charge in [0, 0.05) is 12.9 Å². The SMILES string of the molecule is COCC(C)OCC(O)CSCC1CNC1. The maximum Gasteiger partial charge on any atom is 0.0863 e. The molecular formula is C11H23NO3S. The predicted octanol–water partition coefficient (Wildman–Crippen LogP) is 0.351. The lowest BCUT2D eigenvalue weighted by molar-refractivity contribution is -0.0257. The van der Waals surface area contributed by atoms with Gasteiger partial charge in [0.2, 0.25) is 0 Å². The van der Waals surface area contributed by atoms with E-state index in [1.54, 1.807) is 7.11 Å². The second-order valence-electron chi connectivity index (χ2n) is 4.31. The van der Waals surface area contributed by atoms with Crippen molar-refractivity contribution >= 4 is 11.8 Å². The Morgan fingerprint density at radius 2 is 2.19 bits per heavy atom. The molecule has 1 fully saturated rings. The molecule has 0 aromatic carbocycles. The van der Waals surface area contributed by atoms with E-state index >= 15 is 0 Å². The molecule has 5 heteroatoms. The van der Waals surface area contributed by atoms with Crippen LogP contribution >= 0.6 is 11.8 Å². The molecule has 1 heterocycles. The van der Waals surface area contributed by atoms with Crippen LogP contribution in [0.5, 0.6) is 0 Å². The quantitative estimate of drug-likeness (QED) is 0.617. The number of methoxy groups -OCH3 is 1. The molecule has 0 saturated carbocycles. The summed E-state index contributed by atoms with van der Waals surface area (Å²) in [5.41, 5.74) is 0. The summed E-state index contributed by atoms with van der Waals surface area (Å²) >= 11 is 1.81. The van der Waals surface area contributed by atoms with Crippen molar-refractivity contribution in [3.05, 3.63) is 0 Å². The molecule has 0 amide bonds. The van der Waals surface area contributed by atoms with Crippen LogP contribution in [0, 0.1) is 5.92 Å². The summed E-state index contributed by atoms with van der Waals surface area (Å²) in [6, 6.07) is 0. The van der Waals surface area contributed by atoms with Crippen molar-refractivity contribution < 1.29 is 14.6 Å². The lowest BCUT2D eigenvalue weighted by Gasteiger charge is -2.26. The lowest BCUT2D eigenvalue weighted by Crippen LogP contribution is -2.43. The molecule has 4 nitrogen and oxygen atoms in total. The van der Waals surface area contributed by atoms with Crippen LogP contribution < -0.4 is 5.32 Å². The zero-order chi connectivity index (χ0) is 11.8. The highest BCUT2D eigenvalue weighted by atomic mass is 32.2. The summed E-state index contributed by atoms with van der Waals surface area (Å²) in [6.45, 7) is 5.19. The van der Waals surface area contributed by atoms with Crippen molar-refractivity contribution in [1.82, 2.24) is 5.32 Å². The van der Waals surface area contributed by atoms with E-state index < -0.39 is 0 Å². The Morgan fingerprint density at radius 3 is 2.75 bits per heavy atom. The van der Waals surface area contributed by atoms with E-state index in [4.69, 9.17) is 9.47 Å². The van der Waals surface area contributed by atoms with Crippen LogP contribution in [0.2, 0.25) is 0 Å². The summed E-state index contributed by atoms with van der Waals surface area (Å²) in [6.07, 6.45) is -0.308. The number of ether oxygens (including phenoxy) is 2. The van der Waals surface area contributed by atoms with Crippen LogP contribution in [0.15, 0.2) is 0 Å². The van der Waals surface area contributed by atoms with Crippen molar-refractivity contribution in [1.29, 1.82) is 0 Å². The van der Waals surface area contributed by atoms with Gasteiger partial charge in [-0.25, -0.2) is 0 Å². The van der Waals surface area contributed by atoms with Gasteiger partial charge in [-0.05, 0) is 31.7 Å². The topological polar surface area (TPSA) is 50.7 Å². The smallest absolute Gasteiger partial charge is 0.0863 e. The first kappa shape index (κ1) is 14.3. The molecule has 96 valence electrons. The average Bonchev–Trinajstić information content (AvgIpc) is 2.19. The van der Waals surface area contributed by atoms with Gasteiger partial charge >= 0.3 is 0 Å². The van der Waals surface area contributed by atoms with Gasteiger partial charge in [-0.15, -0.1) is 0 Å². The number of rotatable bonds is 9.